The van der Waals surface area contributed by atoms with Crippen LogP contribution in [0.5, 0.6) is 0 Å². The summed E-state index contributed by atoms with van der Waals surface area (Å²) in [5, 5.41) is 0. The molecule has 0 heterocycles. The van der Waals surface area contributed by atoms with E-state index in [1.807, 2.05) is 0 Å². The van der Waals surface area contributed by atoms with Crippen LogP contribution >= 0.6 is 0 Å². The molecule has 0 aromatic rings. The zero-order chi connectivity index (χ0) is 2.00. The van der Waals surface area contributed by atoms with E-state index < -0.39 is 0 Å². The molecule has 0 bridgehead atoms. The Morgan fingerprint density at radius 3 is 1.50 bits per heavy atom. The van der Waals surface area contributed by atoms with Gasteiger partial charge in [0.2, 0.25) is 0 Å². The van der Waals surface area contributed by atoms with E-state index in [0.717, 1.165) is 0 Å². The molecular formula is H3BiCuOSr. The van der Waals surface area contributed by atoms with E-state index >= 15 is 0 Å². The van der Waals surface area contributed by atoms with E-state index in [1.54, 1.807) is 0 Å². The quantitative estimate of drug-likeness (QED) is 0.498. The third kappa shape index (κ3) is 8.82. The van der Waals surface area contributed by atoms with Crippen molar-refractivity contribution < 1.29 is 22.7 Å². The van der Waals surface area contributed by atoms with Gasteiger partial charge in [-0.05, 0) is 0 Å². The molecule has 0 amide bonds. The second kappa shape index (κ2) is 17.3. The van der Waals surface area contributed by atoms with Crippen LogP contribution in [0.1, 0.15) is 2.85 Å². The van der Waals surface area contributed by atoms with Crippen LogP contribution in [0.3, 0.4) is 0 Å². The van der Waals surface area contributed by atoms with Crippen LogP contribution in [-0.4, -0.2) is 70.2 Å². The van der Waals surface area contributed by atoms with Crippen molar-refractivity contribution in [1.82, 2.24) is 0 Å². The van der Waals surface area contributed by atoms with Gasteiger partial charge in [0, 0.05) is 17.1 Å². The Labute approximate surface area is 90.9 Å². The van der Waals surface area contributed by atoms with Crippen molar-refractivity contribution in [1.29, 1.82) is 0 Å². The Morgan fingerprint density at radius 1 is 1.50 bits per heavy atom. The van der Waals surface area contributed by atoms with E-state index in [1.165, 1.54) is 0 Å². The topological polar surface area (TPSA) is 17.1 Å². The zero-order valence-electron chi connectivity index (χ0n) is 3.92. The fraction of sp³-hybridized carbons (Fsp3) is 0. The largest absolute Gasteiger partial charge is 2.00 e. The molecule has 0 rings (SSSR count). The molecule has 0 N–H and O–H groups in total. The summed E-state index contributed by atoms with van der Waals surface area (Å²) in [6.07, 6.45) is 0. The normalized spacial score (nSPS) is 1.00. The summed E-state index contributed by atoms with van der Waals surface area (Å²) in [5.74, 6) is 0. The van der Waals surface area contributed by atoms with Crippen molar-refractivity contribution >= 4 is 70.2 Å². The van der Waals surface area contributed by atoms with Gasteiger partial charge in [0.1, 0.15) is 0 Å². The molecule has 0 aromatic heterocycles. The van der Waals surface area contributed by atoms with E-state index in [0.29, 0.717) is 0 Å². The predicted octanol–water partition coefficient (Wildman–Crippen LogP) is -0.926. The van der Waals surface area contributed by atoms with Gasteiger partial charge in [-0.15, -0.1) is 0 Å². The first kappa shape index (κ1) is 15.9. The molecule has 1 nitrogen and oxygen atoms in total. The molecule has 0 saturated heterocycles. The van der Waals surface area contributed by atoms with E-state index in [2.05, 4.69) is 0 Å². The Bertz CT molecular complexity index is 13.5. The van der Waals surface area contributed by atoms with Gasteiger partial charge in [0.15, 0.2) is 0 Å². The van der Waals surface area contributed by atoms with Crippen LogP contribution in [0, 0.1) is 0 Å². The third-order valence-corrected chi connectivity index (χ3v) is 0. The molecule has 0 aromatic carbocycles. The zero-order valence-corrected chi connectivity index (χ0v) is 10.2. The monoisotopic (exact) mass is 379 g/mol. The van der Waals surface area contributed by atoms with Gasteiger partial charge in [-0.25, -0.2) is 0 Å². The van der Waals surface area contributed by atoms with E-state index in [4.69, 9.17) is 2.81 Å². The summed E-state index contributed by atoms with van der Waals surface area (Å²) in [7, 11) is 0. The molecule has 0 aliphatic heterocycles. The molecule has 0 unspecified atom stereocenters. The van der Waals surface area contributed by atoms with Gasteiger partial charge in [-0.2, -0.15) is 0 Å². The SMILES string of the molecule is [Cu].[H-].[H-].[O]=[BiH].[Sr+2]. The van der Waals surface area contributed by atoms with Gasteiger partial charge < -0.3 is 2.85 Å². The smallest absolute Gasteiger partial charge is 2.00 e. The molecule has 0 saturated carbocycles. The molecule has 1 radical (unpaired) electrons. The van der Waals surface area contributed by atoms with E-state index in [9.17, 15) is 0 Å². The third-order valence-electron chi connectivity index (χ3n) is 0. The van der Waals surface area contributed by atoms with Crippen molar-refractivity contribution in [3.05, 3.63) is 0 Å². The summed E-state index contributed by atoms with van der Waals surface area (Å²) in [6.45, 7) is 0. The number of rotatable bonds is 0. The summed E-state index contributed by atoms with van der Waals surface area (Å²) >= 11 is 0.0556. The standard InChI is InChI=1S/Bi.Cu.O.Sr.3H/q;;;+2;;2*-1. The average Bonchev–Trinajstić information content (AvgIpc) is 1.00. The van der Waals surface area contributed by atoms with Crippen LogP contribution in [0.4, 0.5) is 0 Å². The van der Waals surface area contributed by atoms with Crippen molar-refractivity contribution in [3.8, 4) is 0 Å². The number of hydrogen-bond donors (Lipinski definition) is 0. The molecule has 0 atom stereocenters. The number of hydrogen-bond acceptors (Lipinski definition) is 1. The average molecular weight is 379 g/mol. The van der Waals surface area contributed by atoms with Gasteiger partial charge >= 0.3 is 73.0 Å². The van der Waals surface area contributed by atoms with Crippen molar-refractivity contribution in [2.45, 2.75) is 0 Å². The van der Waals surface area contributed by atoms with Gasteiger partial charge in [0.05, 0.1) is 0 Å². The maximum Gasteiger partial charge on any atom is 2.00 e. The summed E-state index contributed by atoms with van der Waals surface area (Å²) in [6, 6.07) is 0. The molecule has 4 heavy (non-hydrogen) atoms. The van der Waals surface area contributed by atoms with Crippen LogP contribution in [-0.2, 0) is 19.9 Å². The molecule has 27 valence electrons. The predicted molar refractivity (Wildman–Crippen MR) is 15.8 cm³/mol. The van der Waals surface area contributed by atoms with Crippen LogP contribution < -0.4 is 0 Å². The first-order valence-corrected chi connectivity index (χ1v) is 1.79. The van der Waals surface area contributed by atoms with Gasteiger partial charge in [0.25, 0.3) is 0 Å². The van der Waals surface area contributed by atoms with Crippen molar-refractivity contribution in [2.24, 2.45) is 0 Å². The summed E-state index contributed by atoms with van der Waals surface area (Å²) in [5.41, 5.74) is 0. The minimum absolute atomic E-state index is 0. The molecule has 0 fully saturated rings. The second-order valence-corrected chi connectivity index (χ2v) is 0. The molecular weight excluding hydrogens is 376 g/mol. The van der Waals surface area contributed by atoms with Gasteiger partial charge in [-0.1, -0.05) is 0 Å². The van der Waals surface area contributed by atoms with Gasteiger partial charge in [-0.3, -0.25) is 0 Å². The molecule has 0 aliphatic carbocycles. The fourth-order valence-electron chi connectivity index (χ4n) is 0. The van der Waals surface area contributed by atoms with Crippen molar-refractivity contribution in [3.63, 3.8) is 0 Å². The minimum atomic E-state index is 0. The Hall–Kier alpha value is 2.68. The van der Waals surface area contributed by atoms with Crippen LogP contribution in [0.25, 0.3) is 0 Å². The first-order chi connectivity index (χ1) is 1.00. The molecule has 4 heteroatoms. The Balaban J connectivity index is -0.000000000833. The molecule has 0 aliphatic rings. The van der Waals surface area contributed by atoms with E-state index in [-0.39, 0.29) is 90.1 Å². The fourth-order valence-corrected chi connectivity index (χ4v) is 0. The summed E-state index contributed by atoms with van der Waals surface area (Å²) < 4.78 is 8.39. The second-order valence-electron chi connectivity index (χ2n) is 0. The van der Waals surface area contributed by atoms with Crippen LogP contribution in [0.15, 0.2) is 0 Å². The maximum absolute atomic E-state index is 8.39. The Morgan fingerprint density at radius 2 is 1.50 bits per heavy atom. The minimum Gasteiger partial charge on any atom is 2.00 e. The van der Waals surface area contributed by atoms with Crippen LogP contribution in [0.2, 0.25) is 0 Å². The first-order valence-electron chi connectivity index (χ1n) is 0.204. The Kier molecular flexibility index (Phi) is 68.9. The maximum atomic E-state index is 8.39. The summed E-state index contributed by atoms with van der Waals surface area (Å²) in [4.78, 5) is 0. The molecule has 0 spiro atoms. The van der Waals surface area contributed by atoms with Crippen molar-refractivity contribution in [2.75, 3.05) is 0 Å².